The Morgan fingerprint density at radius 3 is 2.70 bits per heavy atom. The molecule has 4 heteroatoms. The van der Waals surface area contributed by atoms with Gasteiger partial charge in [-0.15, -0.1) is 0 Å². The second-order valence-electron chi connectivity index (χ2n) is 5.20. The van der Waals surface area contributed by atoms with E-state index in [2.05, 4.69) is 36.0 Å². The number of rotatable bonds is 8. The predicted octanol–water partition coefficient (Wildman–Crippen LogP) is 3.75. The zero-order valence-corrected chi connectivity index (χ0v) is 12.7. The zero-order chi connectivity index (χ0) is 14.4. The van der Waals surface area contributed by atoms with Crippen LogP contribution < -0.4 is 5.32 Å². The Balaban J connectivity index is 1.80. The van der Waals surface area contributed by atoms with Crippen molar-refractivity contribution < 1.29 is 4.42 Å². The van der Waals surface area contributed by atoms with Crippen LogP contribution in [0.2, 0.25) is 0 Å². The third-order valence-electron chi connectivity index (χ3n) is 3.67. The van der Waals surface area contributed by atoms with Crippen LogP contribution in [0.4, 0.5) is 6.01 Å². The van der Waals surface area contributed by atoms with E-state index in [4.69, 9.17) is 4.42 Å². The van der Waals surface area contributed by atoms with Crippen LogP contribution in [0.1, 0.15) is 33.6 Å². The SMILES string of the molecule is CCN(CC)CCCC(C)Nc1nc2ccccc2o1. The molecule has 20 heavy (non-hydrogen) atoms. The molecular weight excluding hydrogens is 250 g/mol. The summed E-state index contributed by atoms with van der Waals surface area (Å²) in [6.45, 7) is 10.0. The van der Waals surface area contributed by atoms with Gasteiger partial charge in [0.05, 0.1) is 0 Å². The first-order valence-electron chi connectivity index (χ1n) is 7.57. The second-order valence-corrected chi connectivity index (χ2v) is 5.20. The van der Waals surface area contributed by atoms with Crippen molar-refractivity contribution in [1.82, 2.24) is 9.88 Å². The Labute approximate surface area is 121 Å². The molecule has 1 unspecified atom stereocenters. The molecule has 2 rings (SSSR count). The lowest BCUT2D eigenvalue weighted by Gasteiger charge is -2.19. The van der Waals surface area contributed by atoms with Gasteiger partial charge in [-0.1, -0.05) is 26.0 Å². The lowest BCUT2D eigenvalue weighted by Crippen LogP contribution is -2.25. The van der Waals surface area contributed by atoms with E-state index in [0.717, 1.165) is 37.2 Å². The molecule has 4 nitrogen and oxygen atoms in total. The van der Waals surface area contributed by atoms with Gasteiger partial charge in [0.25, 0.3) is 6.01 Å². The molecule has 0 saturated carbocycles. The van der Waals surface area contributed by atoms with Crippen LogP contribution in [0.25, 0.3) is 11.1 Å². The van der Waals surface area contributed by atoms with Gasteiger partial charge in [-0.2, -0.15) is 4.98 Å². The predicted molar refractivity (Wildman–Crippen MR) is 84.1 cm³/mol. The summed E-state index contributed by atoms with van der Waals surface area (Å²) >= 11 is 0. The molecule has 1 aromatic heterocycles. The highest BCUT2D eigenvalue weighted by molar-refractivity contribution is 5.74. The molecule has 1 N–H and O–H groups in total. The van der Waals surface area contributed by atoms with E-state index >= 15 is 0 Å². The van der Waals surface area contributed by atoms with E-state index in [-0.39, 0.29) is 0 Å². The van der Waals surface area contributed by atoms with Gasteiger partial charge in [0.2, 0.25) is 0 Å². The van der Waals surface area contributed by atoms with Crippen LogP contribution in [0.15, 0.2) is 28.7 Å². The van der Waals surface area contributed by atoms with Gasteiger partial charge in [0.15, 0.2) is 5.58 Å². The molecule has 0 aliphatic heterocycles. The Kier molecular flexibility index (Phi) is 5.41. The average molecular weight is 275 g/mol. The number of aromatic nitrogens is 1. The summed E-state index contributed by atoms with van der Waals surface area (Å²) in [6.07, 6.45) is 2.31. The number of hydrogen-bond donors (Lipinski definition) is 1. The van der Waals surface area contributed by atoms with Crippen molar-refractivity contribution in [3.8, 4) is 0 Å². The maximum atomic E-state index is 5.68. The molecule has 110 valence electrons. The number of oxazole rings is 1. The maximum absolute atomic E-state index is 5.68. The molecule has 1 aromatic carbocycles. The van der Waals surface area contributed by atoms with Gasteiger partial charge < -0.3 is 14.6 Å². The summed E-state index contributed by atoms with van der Waals surface area (Å²) in [5.41, 5.74) is 1.75. The van der Waals surface area contributed by atoms with Gasteiger partial charge in [-0.25, -0.2) is 0 Å². The summed E-state index contributed by atoms with van der Waals surface area (Å²) < 4.78 is 5.68. The van der Waals surface area contributed by atoms with Crippen LogP contribution in [0.5, 0.6) is 0 Å². The fourth-order valence-electron chi connectivity index (χ4n) is 2.38. The third kappa shape index (κ3) is 3.97. The first kappa shape index (κ1) is 14.9. The number of fused-ring (bicyclic) bond motifs is 1. The fraction of sp³-hybridized carbons (Fsp3) is 0.562. The number of anilines is 1. The van der Waals surface area contributed by atoms with Crippen LogP contribution in [0.3, 0.4) is 0 Å². The minimum atomic E-state index is 0.374. The molecular formula is C16H25N3O. The third-order valence-corrected chi connectivity index (χ3v) is 3.67. The normalized spacial score (nSPS) is 13.0. The molecule has 0 bridgehead atoms. The van der Waals surface area contributed by atoms with E-state index in [9.17, 15) is 0 Å². The summed E-state index contributed by atoms with van der Waals surface area (Å²) in [7, 11) is 0. The van der Waals surface area contributed by atoms with Gasteiger partial charge in [-0.05, 0) is 51.5 Å². The van der Waals surface area contributed by atoms with E-state index in [0.29, 0.717) is 12.1 Å². The number of benzene rings is 1. The highest BCUT2D eigenvalue weighted by Crippen LogP contribution is 2.19. The van der Waals surface area contributed by atoms with Crippen LogP contribution in [0, 0.1) is 0 Å². The van der Waals surface area contributed by atoms with Crippen molar-refractivity contribution in [3.05, 3.63) is 24.3 Å². The topological polar surface area (TPSA) is 41.3 Å². The number of para-hydroxylation sites is 2. The Morgan fingerprint density at radius 1 is 1.25 bits per heavy atom. The van der Waals surface area contributed by atoms with Gasteiger partial charge in [-0.3, -0.25) is 0 Å². The van der Waals surface area contributed by atoms with Crippen molar-refractivity contribution in [1.29, 1.82) is 0 Å². The van der Waals surface area contributed by atoms with Crippen molar-refractivity contribution in [3.63, 3.8) is 0 Å². The molecule has 0 spiro atoms. The molecule has 0 radical (unpaired) electrons. The quantitative estimate of drug-likeness (QED) is 0.796. The lowest BCUT2D eigenvalue weighted by atomic mass is 10.2. The van der Waals surface area contributed by atoms with Crippen LogP contribution in [-0.4, -0.2) is 35.6 Å². The van der Waals surface area contributed by atoms with Crippen molar-refractivity contribution in [2.75, 3.05) is 25.0 Å². The second kappa shape index (κ2) is 7.29. The molecule has 0 aliphatic carbocycles. The van der Waals surface area contributed by atoms with Crippen LogP contribution >= 0.6 is 0 Å². The maximum Gasteiger partial charge on any atom is 0.295 e. The van der Waals surface area contributed by atoms with Crippen molar-refractivity contribution >= 4 is 17.1 Å². The molecule has 1 heterocycles. The summed E-state index contributed by atoms with van der Waals surface area (Å²) in [4.78, 5) is 6.89. The number of nitrogens with one attached hydrogen (secondary N) is 1. The Morgan fingerprint density at radius 2 is 2.00 bits per heavy atom. The minimum Gasteiger partial charge on any atom is -0.424 e. The Hall–Kier alpha value is -1.55. The standard InChI is InChI=1S/C16H25N3O/c1-4-19(5-2)12-8-9-13(3)17-16-18-14-10-6-7-11-15(14)20-16/h6-7,10-11,13H,4-5,8-9,12H2,1-3H3,(H,17,18). The summed E-state index contributed by atoms with van der Waals surface area (Å²) in [6, 6.07) is 8.85. The van der Waals surface area contributed by atoms with E-state index in [1.54, 1.807) is 0 Å². The molecule has 0 fully saturated rings. The van der Waals surface area contributed by atoms with Gasteiger partial charge in [0, 0.05) is 6.04 Å². The highest BCUT2D eigenvalue weighted by Gasteiger charge is 2.09. The van der Waals surface area contributed by atoms with E-state index < -0.39 is 0 Å². The molecule has 2 aromatic rings. The lowest BCUT2D eigenvalue weighted by molar-refractivity contribution is 0.295. The van der Waals surface area contributed by atoms with Gasteiger partial charge in [0.1, 0.15) is 5.52 Å². The largest absolute Gasteiger partial charge is 0.424 e. The Bertz CT molecular complexity index is 486. The molecule has 0 aliphatic rings. The van der Waals surface area contributed by atoms with E-state index in [1.807, 2.05) is 24.3 Å². The zero-order valence-electron chi connectivity index (χ0n) is 12.7. The fourth-order valence-corrected chi connectivity index (χ4v) is 2.38. The van der Waals surface area contributed by atoms with Crippen LogP contribution in [-0.2, 0) is 0 Å². The van der Waals surface area contributed by atoms with E-state index in [1.165, 1.54) is 6.42 Å². The first-order valence-corrected chi connectivity index (χ1v) is 7.57. The highest BCUT2D eigenvalue weighted by atomic mass is 16.4. The molecule has 0 saturated heterocycles. The summed E-state index contributed by atoms with van der Waals surface area (Å²) in [5.74, 6) is 0. The van der Waals surface area contributed by atoms with Gasteiger partial charge >= 0.3 is 0 Å². The number of nitrogens with zero attached hydrogens (tertiary/aromatic N) is 2. The monoisotopic (exact) mass is 275 g/mol. The number of hydrogen-bond acceptors (Lipinski definition) is 4. The smallest absolute Gasteiger partial charge is 0.295 e. The first-order chi connectivity index (χ1) is 9.72. The summed E-state index contributed by atoms with van der Waals surface area (Å²) in [5, 5.41) is 3.34. The molecule has 0 amide bonds. The minimum absolute atomic E-state index is 0.374. The van der Waals surface area contributed by atoms with Crippen molar-refractivity contribution in [2.24, 2.45) is 0 Å². The van der Waals surface area contributed by atoms with Crippen molar-refractivity contribution in [2.45, 2.75) is 39.7 Å². The molecule has 1 atom stereocenters. The average Bonchev–Trinajstić information content (AvgIpc) is 2.85.